The molecule has 0 atom stereocenters. The summed E-state index contributed by atoms with van der Waals surface area (Å²) in [6.07, 6.45) is 1.77. The minimum absolute atomic E-state index is 0.188. The Labute approximate surface area is 263 Å². The summed E-state index contributed by atoms with van der Waals surface area (Å²) in [6, 6.07) is 35.6. The van der Waals surface area contributed by atoms with Crippen molar-refractivity contribution < 1.29 is 9.59 Å². The lowest BCUT2D eigenvalue weighted by atomic mass is 10.0. The van der Waals surface area contributed by atoms with Gasteiger partial charge in [0.25, 0.3) is 0 Å². The topological polar surface area (TPSA) is 37.4 Å². The largest absolute Gasteiger partial charge is 0.310 e. The van der Waals surface area contributed by atoms with Crippen molar-refractivity contribution in [2.24, 2.45) is 0 Å². The molecule has 0 N–H and O–H groups in total. The van der Waals surface area contributed by atoms with Gasteiger partial charge in [0, 0.05) is 42.2 Å². The van der Waals surface area contributed by atoms with E-state index in [1.54, 1.807) is 53.0 Å². The molecular weight excluding hydrogens is 579 g/mol. The van der Waals surface area contributed by atoms with Crippen molar-refractivity contribution in [2.75, 3.05) is 4.90 Å². The maximum absolute atomic E-state index is 13.0. The lowest BCUT2D eigenvalue weighted by Crippen LogP contribution is -2.13. The molecule has 7 aromatic rings. The van der Waals surface area contributed by atoms with Crippen LogP contribution >= 0.6 is 22.7 Å². The van der Waals surface area contributed by atoms with Crippen LogP contribution in [0.25, 0.3) is 36.3 Å². The number of thiophene rings is 2. The second kappa shape index (κ2) is 10.1. The zero-order valence-electron chi connectivity index (χ0n) is 24.5. The molecule has 5 aromatic carbocycles. The van der Waals surface area contributed by atoms with Gasteiger partial charge in [-0.15, -0.1) is 22.7 Å². The molecule has 0 saturated carbocycles. The molecule has 1 aliphatic carbocycles. The normalized spacial score (nSPS) is 12.9. The summed E-state index contributed by atoms with van der Waals surface area (Å²) in [4.78, 5) is 29.2. The number of ketones is 2. The van der Waals surface area contributed by atoms with Gasteiger partial charge >= 0.3 is 0 Å². The van der Waals surface area contributed by atoms with E-state index < -0.39 is 0 Å². The van der Waals surface area contributed by atoms with Crippen LogP contribution in [0.15, 0.2) is 109 Å². The average molecular weight is 606 g/mol. The van der Waals surface area contributed by atoms with Crippen molar-refractivity contribution in [3.05, 3.63) is 141 Å². The maximum Gasteiger partial charge on any atom is 0.197 e. The second-order valence-electron chi connectivity index (χ2n) is 11.5. The van der Waals surface area contributed by atoms with Crippen LogP contribution in [-0.2, 0) is 0 Å². The molecular formula is C39H27NO2S2. The Kier molecular flexibility index (Phi) is 6.16. The van der Waals surface area contributed by atoms with E-state index >= 15 is 0 Å². The number of carbonyl (C=O) groups excluding carboxylic acids is 2. The van der Waals surface area contributed by atoms with Crippen molar-refractivity contribution in [3.63, 3.8) is 0 Å². The van der Waals surface area contributed by atoms with Crippen molar-refractivity contribution in [1.82, 2.24) is 0 Å². The molecule has 1 aliphatic rings. The number of hydrogen-bond donors (Lipinski definition) is 0. The van der Waals surface area contributed by atoms with E-state index in [0.29, 0.717) is 11.1 Å². The Balaban J connectivity index is 1.24. The smallest absolute Gasteiger partial charge is 0.197 e. The highest BCUT2D eigenvalue weighted by Crippen LogP contribution is 2.45. The average Bonchev–Trinajstić information content (AvgIpc) is 3.64. The molecule has 0 bridgehead atoms. The van der Waals surface area contributed by atoms with Crippen LogP contribution in [0, 0.1) is 20.8 Å². The van der Waals surface area contributed by atoms with E-state index in [1.807, 2.05) is 0 Å². The minimum Gasteiger partial charge on any atom is -0.310 e. The molecule has 2 aromatic heterocycles. The predicted molar refractivity (Wildman–Crippen MR) is 187 cm³/mol. The molecule has 5 heteroatoms. The number of hydrogen-bond acceptors (Lipinski definition) is 5. The third-order valence-electron chi connectivity index (χ3n) is 8.45. The van der Waals surface area contributed by atoms with Crippen LogP contribution in [0.2, 0.25) is 0 Å². The van der Waals surface area contributed by atoms with E-state index in [-0.39, 0.29) is 17.1 Å². The Bertz CT molecular complexity index is 2310. The van der Waals surface area contributed by atoms with Crippen molar-refractivity contribution in [1.29, 1.82) is 0 Å². The molecule has 212 valence electrons. The molecule has 0 amide bonds. The quantitative estimate of drug-likeness (QED) is 0.148. The Morgan fingerprint density at radius 3 is 1.98 bits per heavy atom. The standard InChI is InChI=1S/C39H27NO2S2/c1-22-16-23(2)36(24(3)17-22)40(27-13-12-25-8-4-5-9-26(25)18-27)28-14-15-32-34(19-28)44-35-21-29(43-39(32)35)20-33-37(41)30-10-6-7-11-31(30)38(33)42/h4-21H,1-3H3. The number of fused-ring (bicyclic) bond motifs is 5. The Hall–Kier alpha value is -4.84. The number of anilines is 3. The van der Waals surface area contributed by atoms with Gasteiger partial charge in [0.2, 0.25) is 0 Å². The molecule has 0 spiro atoms. The van der Waals surface area contributed by atoms with E-state index in [2.05, 4.69) is 105 Å². The lowest BCUT2D eigenvalue weighted by Gasteiger charge is -2.29. The molecule has 44 heavy (non-hydrogen) atoms. The maximum atomic E-state index is 13.0. The van der Waals surface area contributed by atoms with Crippen LogP contribution in [0.1, 0.15) is 42.3 Å². The van der Waals surface area contributed by atoms with Crippen LogP contribution in [0.3, 0.4) is 0 Å². The summed E-state index contributed by atoms with van der Waals surface area (Å²) in [5, 5.41) is 3.61. The van der Waals surface area contributed by atoms with Crippen LogP contribution in [-0.4, -0.2) is 11.6 Å². The fourth-order valence-electron chi connectivity index (χ4n) is 6.56. The Morgan fingerprint density at radius 1 is 0.614 bits per heavy atom. The predicted octanol–water partition coefficient (Wildman–Crippen LogP) is 11.1. The first-order chi connectivity index (χ1) is 21.4. The van der Waals surface area contributed by atoms with Gasteiger partial charge in [-0.25, -0.2) is 0 Å². The molecule has 0 saturated heterocycles. The summed E-state index contributed by atoms with van der Waals surface area (Å²) in [5.74, 6) is -0.375. The first-order valence-electron chi connectivity index (χ1n) is 14.6. The number of rotatable bonds is 4. The summed E-state index contributed by atoms with van der Waals surface area (Å²) >= 11 is 3.38. The molecule has 3 nitrogen and oxygen atoms in total. The summed E-state index contributed by atoms with van der Waals surface area (Å²) < 4.78 is 3.54. The Morgan fingerprint density at radius 2 is 1.25 bits per heavy atom. The number of carbonyl (C=O) groups is 2. The molecule has 0 fully saturated rings. The van der Waals surface area contributed by atoms with Gasteiger partial charge in [0.05, 0.1) is 16.0 Å². The van der Waals surface area contributed by atoms with Crippen molar-refractivity contribution in [2.45, 2.75) is 20.8 Å². The van der Waals surface area contributed by atoms with Crippen LogP contribution in [0.5, 0.6) is 0 Å². The van der Waals surface area contributed by atoms with Gasteiger partial charge in [0.15, 0.2) is 11.6 Å². The van der Waals surface area contributed by atoms with Gasteiger partial charge in [0.1, 0.15) is 0 Å². The van der Waals surface area contributed by atoms with E-state index in [0.717, 1.165) is 21.0 Å². The second-order valence-corrected chi connectivity index (χ2v) is 13.7. The molecule has 0 radical (unpaired) electrons. The zero-order valence-corrected chi connectivity index (χ0v) is 26.1. The molecule has 8 rings (SSSR count). The van der Waals surface area contributed by atoms with E-state index in [4.69, 9.17) is 0 Å². The van der Waals surface area contributed by atoms with E-state index in [1.165, 1.54) is 47.9 Å². The van der Waals surface area contributed by atoms with Gasteiger partial charge in [-0.3, -0.25) is 9.59 Å². The molecule has 0 aliphatic heterocycles. The number of benzene rings is 5. The van der Waals surface area contributed by atoms with Crippen LogP contribution in [0.4, 0.5) is 17.1 Å². The fourth-order valence-corrected chi connectivity index (χ4v) is 9.07. The fraction of sp³-hybridized carbons (Fsp3) is 0.0769. The SMILES string of the molecule is Cc1cc(C)c(N(c2ccc3ccccc3c2)c2ccc3c(c2)sc2cc(C=C4C(=O)c5ccccc5C4=O)sc23)c(C)c1. The van der Waals surface area contributed by atoms with Gasteiger partial charge in [-0.1, -0.05) is 78.4 Å². The number of Topliss-reactive ketones (excluding diaryl/α,β-unsaturated/α-hetero) is 2. The lowest BCUT2D eigenvalue weighted by molar-refractivity contribution is 0.0990. The van der Waals surface area contributed by atoms with Gasteiger partial charge < -0.3 is 4.90 Å². The highest BCUT2D eigenvalue weighted by atomic mass is 32.1. The summed E-state index contributed by atoms with van der Waals surface area (Å²) in [6.45, 7) is 6.53. The highest BCUT2D eigenvalue weighted by Gasteiger charge is 2.32. The first-order valence-corrected chi connectivity index (χ1v) is 16.2. The summed E-state index contributed by atoms with van der Waals surface area (Å²) in [5.41, 5.74) is 8.40. The number of aryl methyl sites for hydroxylation is 3. The number of allylic oxidation sites excluding steroid dienone is 1. The third-order valence-corrected chi connectivity index (χ3v) is 10.8. The van der Waals surface area contributed by atoms with Crippen molar-refractivity contribution >= 4 is 87.6 Å². The molecule has 0 unspecified atom stereocenters. The van der Waals surface area contributed by atoms with E-state index in [9.17, 15) is 9.59 Å². The summed E-state index contributed by atoms with van der Waals surface area (Å²) in [7, 11) is 0. The van der Waals surface area contributed by atoms with Crippen LogP contribution < -0.4 is 4.90 Å². The first kappa shape index (κ1) is 26.8. The monoisotopic (exact) mass is 605 g/mol. The minimum atomic E-state index is -0.188. The van der Waals surface area contributed by atoms with Crippen molar-refractivity contribution in [3.8, 4) is 0 Å². The molecule has 2 heterocycles. The number of nitrogens with zero attached hydrogens (tertiary/aromatic N) is 1. The van der Waals surface area contributed by atoms with Gasteiger partial charge in [-0.05, 0) is 79.1 Å². The highest BCUT2D eigenvalue weighted by molar-refractivity contribution is 7.33. The third kappa shape index (κ3) is 4.23. The zero-order chi connectivity index (χ0) is 30.1. The van der Waals surface area contributed by atoms with Gasteiger partial charge in [-0.2, -0.15) is 0 Å².